The van der Waals surface area contributed by atoms with Crippen LogP contribution in [0.2, 0.25) is 0 Å². The lowest BCUT2D eigenvalue weighted by Gasteiger charge is -2.09. The van der Waals surface area contributed by atoms with Crippen molar-refractivity contribution in [1.29, 1.82) is 0 Å². The molecule has 0 fully saturated rings. The summed E-state index contributed by atoms with van der Waals surface area (Å²) >= 11 is 3.32. The van der Waals surface area contributed by atoms with E-state index >= 15 is 0 Å². The zero-order valence-electron chi connectivity index (χ0n) is 7.82. The Balaban J connectivity index is 0.00000169. The molecule has 1 rings (SSSR count). The van der Waals surface area contributed by atoms with Gasteiger partial charge in [0.1, 0.15) is 0 Å². The highest BCUT2D eigenvalue weighted by molar-refractivity contribution is 9.10. The van der Waals surface area contributed by atoms with Crippen molar-refractivity contribution in [1.82, 2.24) is 4.98 Å². The SMILES string of the molecule is Cl.NCCC[C@@H](N)c1ccc(Br)cn1. The molecule has 14 heavy (non-hydrogen) atoms. The maximum absolute atomic E-state index is 5.90. The van der Waals surface area contributed by atoms with E-state index in [0.717, 1.165) is 23.0 Å². The van der Waals surface area contributed by atoms with Crippen LogP contribution in [0, 0.1) is 0 Å². The van der Waals surface area contributed by atoms with Crippen LogP contribution in [-0.4, -0.2) is 11.5 Å². The fraction of sp³-hybridized carbons (Fsp3) is 0.444. The molecule has 0 amide bonds. The number of rotatable bonds is 4. The number of nitrogens with two attached hydrogens (primary N) is 2. The zero-order chi connectivity index (χ0) is 9.68. The first-order valence-electron chi connectivity index (χ1n) is 4.31. The third-order valence-corrected chi connectivity index (χ3v) is 2.32. The summed E-state index contributed by atoms with van der Waals surface area (Å²) in [5.74, 6) is 0. The van der Waals surface area contributed by atoms with Crippen LogP contribution in [0.4, 0.5) is 0 Å². The van der Waals surface area contributed by atoms with Gasteiger partial charge in [0, 0.05) is 16.7 Å². The Labute approximate surface area is 98.8 Å². The minimum atomic E-state index is 0. The van der Waals surface area contributed by atoms with E-state index in [0.29, 0.717) is 6.54 Å². The van der Waals surface area contributed by atoms with Crippen molar-refractivity contribution in [2.24, 2.45) is 11.5 Å². The van der Waals surface area contributed by atoms with Gasteiger partial charge in [0.2, 0.25) is 0 Å². The normalized spacial score (nSPS) is 11.9. The van der Waals surface area contributed by atoms with Gasteiger partial charge < -0.3 is 11.5 Å². The molecule has 0 bridgehead atoms. The van der Waals surface area contributed by atoms with Crippen LogP contribution in [0.15, 0.2) is 22.8 Å². The molecule has 3 nitrogen and oxygen atoms in total. The monoisotopic (exact) mass is 279 g/mol. The maximum atomic E-state index is 5.90. The predicted molar refractivity (Wildman–Crippen MR) is 64.4 cm³/mol. The predicted octanol–water partition coefficient (Wildman–Crippen LogP) is 2.00. The second-order valence-corrected chi connectivity index (χ2v) is 3.85. The Hall–Kier alpha value is -0.160. The molecule has 1 aromatic heterocycles. The Kier molecular flexibility index (Phi) is 7.09. The van der Waals surface area contributed by atoms with Crippen molar-refractivity contribution in [3.05, 3.63) is 28.5 Å². The molecule has 0 spiro atoms. The first-order valence-corrected chi connectivity index (χ1v) is 5.10. The molecular weight excluding hydrogens is 265 g/mol. The summed E-state index contributed by atoms with van der Waals surface area (Å²) in [7, 11) is 0. The van der Waals surface area contributed by atoms with Gasteiger partial charge >= 0.3 is 0 Å². The minimum Gasteiger partial charge on any atom is -0.330 e. The number of hydrogen-bond acceptors (Lipinski definition) is 3. The smallest absolute Gasteiger partial charge is 0.0571 e. The van der Waals surface area contributed by atoms with Crippen LogP contribution in [-0.2, 0) is 0 Å². The summed E-state index contributed by atoms with van der Waals surface area (Å²) < 4.78 is 0.974. The van der Waals surface area contributed by atoms with Crippen LogP contribution in [0.3, 0.4) is 0 Å². The van der Waals surface area contributed by atoms with Crippen molar-refractivity contribution in [2.45, 2.75) is 18.9 Å². The maximum Gasteiger partial charge on any atom is 0.0571 e. The molecule has 0 aliphatic carbocycles. The molecule has 1 atom stereocenters. The second-order valence-electron chi connectivity index (χ2n) is 2.94. The first kappa shape index (κ1) is 13.8. The topological polar surface area (TPSA) is 64.9 Å². The lowest BCUT2D eigenvalue weighted by atomic mass is 10.1. The summed E-state index contributed by atoms with van der Waals surface area (Å²) in [5, 5.41) is 0. The zero-order valence-corrected chi connectivity index (χ0v) is 10.2. The quantitative estimate of drug-likeness (QED) is 0.886. The van der Waals surface area contributed by atoms with Crippen molar-refractivity contribution >= 4 is 28.3 Å². The largest absolute Gasteiger partial charge is 0.330 e. The highest BCUT2D eigenvalue weighted by Crippen LogP contribution is 2.15. The average molecular weight is 281 g/mol. The van der Waals surface area contributed by atoms with E-state index in [1.54, 1.807) is 6.20 Å². The van der Waals surface area contributed by atoms with Gasteiger partial charge in [-0.3, -0.25) is 4.98 Å². The summed E-state index contributed by atoms with van der Waals surface area (Å²) in [6.07, 6.45) is 3.60. The molecule has 4 N–H and O–H groups in total. The van der Waals surface area contributed by atoms with E-state index in [2.05, 4.69) is 20.9 Å². The van der Waals surface area contributed by atoms with Gasteiger partial charge in [0.05, 0.1) is 5.69 Å². The number of aromatic nitrogens is 1. The van der Waals surface area contributed by atoms with E-state index in [1.807, 2.05) is 12.1 Å². The Morgan fingerprint density at radius 2 is 2.14 bits per heavy atom. The Bertz CT molecular complexity index is 253. The summed E-state index contributed by atoms with van der Waals surface area (Å²) in [6.45, 7) is 0.685. The number of nitrogens with zero attached hydrogens (tertiary/aromatic N) is 1. The molecule has 0 saturated carbocycles. The Morgan fingerprint density at radius 3 is 2.64 bits per heavy atom. The second kappa shape index (κ2) is 7.17. The number of pyridine rings is 1. The van der Waals surface area contributed by atoms with Gasteiger partial charge in [0.15, 0.2) is 0 Å². The van der Waals surface area contributed by atoms with E-state index in [4.69, 9.17) is 11.5 Å². The third kappa shape index (κ3) is 4.37. The van der Waals surface area contributed by atoms with Crippen LogP contribution in [0.1, 0.15) is 24.6 Å². The third-order valence-electron chi connectivity index (χ3n) is 1.85. The van der Waals surface area contributed by atoms with E-state index in [9.17, 15) is 0 Å². The van der Waals surface area contributed by atoms with Crippen molar-refractivity contribution in [3.8, 4) is 0 Å². The van der Waals surface area contributed by atoms with Crippen LogP contribution in [0.25, 0.3) is 0 Å². The van der Waals surface area contributed by atoms with E-state index in [1.165, 1.54) is 0 Å². The average Bonchev–Trinajstić information content (AvgIpc) is 2.15. The molecule has 0 aromatic carbocycles. The molecule has 0 unspecified atom stereocenters. The Morgan fingerprint density at radius 1 is 1.43 bits per heavy atom. The lowest BCUT2D eigenvalue weighted by Crippen LogP contribution is -2.13. The van der Waals surface area contributed by atoms with Gasteiger partial charge in [-0.25, -0.2) is 0 Å². The molecular formula is C9H15BrClN3. The molecule has 1 heterocycles. The van der Waals surface area contributed by atoms with Crippen molar-refractivity contribution in [2.75, 3.05) is 6.54 Å². The van der Waals surface area contributed by atoms with Crippen LogP contribution in [0.5, 0.6) is 0 Å². The van der Waals surface area contributed by atoms with Gasteiger partial charge in [-0.05, 0) is 47.4 Å². The standard InChI is InChI=1S/C9H14BrN3.ClH/c10-7-3-4-9(13-6-7)8(12)2-1-5-11;/h3-4,6,8H,1-2,5,11-12H2;1H/t8-;/m1./s1. The summed E-state index contributed by atoms with van der Waals surface area (Å²) in [4.78, 5) is 4.22. The molecule has 80 valence electrons. The van der Waals surface area contributed by atoms with Crippen LogP contribution >= 0.6 is 28.3 Å². The van der Waals surface area contributed by atoms with Gasteiger partial charge in [-0.15, -0.1) is 12.4 Å². The molecule has 0 aliphatic rings. The fourth-order valence-corrected chi connectivity index (χ4v) is 1.33. The van der Waals surface area contributed by atoms with Gasteiger partial charge in [-0.1, -0.05) is 0 Å². The fourth-order valence-electron chi connectivity index (χ4n) is 1.09. The van der Waals surface area contributed by atoms with Gasteiger partial charge in [-0.2, -0.15) is 0 Å². The van der Waals surface area contributed by atoms with E-state index in [-0.39, 0.29) is 18.4 Å². The highest BCUT2D eigenvalue weighted by Gasteiger charge is 2.05. The number of hydrogen-bond donors (Lipinski definition) is 2. The van der Waals surface area contributed by atoms with Crippen LogP contribution < -0.4 is 11.5 Å². The van der Waals surface area contributed by atoms with Crippen molar-refractivity contribution in [3.63, 3.8) is 0 Å². The van der Waals surface area contributed by atoms with Crippen molar-refractivity contribution < 1.29 is 0 Å². The van der Waals surface area contributed by atoms with E-state index < -0.39 is 0 Å². The highest BCUT2D eigenvalue weighted by atomic mass is 79.9. The molecule has 1 aromatic rings. The molecule has 5 heteroatoms. The lowest BCUT2D eigenvalue weighted by molar-refractivity contribution is 0.603. The summed E-state index contributed by atoms with van der Waals surface area (Å²) in [5.41, 5.74) is 12.2. The molecule has 0 aliphatic heterocycles. The molecule has 0 saturated heterocycles. The minimum absolute atomic E-state index is 0. The number of halogens is 2. The first-order chi connectivity index (χ1) is 6.24. The molecule has 0 radical (unpaired) electrons. The van der Waals surface area contributed by atoms with Gasteiger partial charge in [0.25, 0.3) is 0 Å². The summed E-state index contributed by atoms with van der Waals surface area (Å²) in [6, 6.07) is 3.90.